The number of nitrogens with zero attached hydrogens (tertiary/aromatic N) is 2. The van der Waals surface area contributed by atoms with Crippen molar-refractivity contribution in [1.82, 2.24) is 15.2 Å². The third-order valence-corrected chi connectivity index (χ3v) is 3.70. The summed E-state index contributed by atoms with van der Waals surface area (Å²) >= 11 is 1.29. The van der Waals surface area contributed by atoms with Gasteiger partial charge >= 0.3 is 0 Å². The molecule has 0 bridgehead atoms. The van der Waals surface area contributed by atoms with Crippen LogP contribution in [0.5, 0.6) is 0 Å². The molecular weight excluding hydrogens is 236 g/mol. The Bertz CT molecular complexity index is 393. The van der Waals surface area contributed by atoms with Gasteiger partial charge in [0.25, 0.3) is 5.91 Å². The first-order valence-electron chi connectivity index (χ1n) is 5.83. The van der Waals surface area contributed by atoms with Gasteiger partial charge in [0.05, 0.1) is 0 Å². The second kappa shape index (κ2) is 5.46. The molecule has 1 atom stereocenters. The summed E-state index contributed by atoms with van der Waals surface area (Å²) in [5.74, 6) is 0.430. The van der Waals surface area contributed by atoms with Crippen LogP contribution in [-0.2, 0) is 0 Å². The molecule has 6 heteroatoms. The van der Waals surface area contributed by atoms with E-state index >= 15 is 0 Å². The van der Waals surface area contributed by atoms with Gasteiger partial charge in [0.2, 0.25) is 0 Å². The van der Waals surface area contributed by atoms with Gasteiger partial charge in [-0.3, -0.25) is 4.79 Å². The molecule has 0 spiro atoms. The first-order chi connectivity index (χ1) is 8.15. The minimum atomic E-state index is -0.119. The lowest BCUT2D eigenvalue weighted by Crippen LogP contribution is -2.39. The number of anilines is 1. The molecule has 1 saturated heterocycles. The average Bonchev–Trinajstić information content (AvgIpc) is 2.73. The molecule has 2 rings (SSSR count). The van der Waals surface area contributed by atoms with Crippen molar-refractivity contribution >= 4 is 22.4 Å². The zero-order chi connectivity index (χ0) is 12.3. The number of likely N-dealkylation sites (tertiary alicyclic amines) is 1. The van der Waals surface area contributed by atoms with Gasteiger partial charge < -0.3 is 16.0 Å². The number of nitrogens with two attached hydrogens (primary N) is 1. The second-order valence-electron chi connectivity index (χ2n) is 4.55. The third-order valence-electron chi connectivity index (χ3n) is 3.03. The third kappa shape index (κ3) is 3.41. The van der Waals surface area contributed by atoms with Crippen LogP contribution >= 0.6 is 11.3 Å². The molecular formula is C11H18N4OS. The summed E-state index contributed by atoms with van der Waals surface area (Å²) in [6.45, 7) is 2.94. The monoisotopic (exact) mass is 254 g/mol. The summed E-state index contributed by atoms with van der Waals surface area (Å²) in [7, 11) is 2.12. The number of piperidine rings is 1. The van der Waals surface area contributed by atoms with Crippen LogP contribution in [-0.4, -0.2) is 42.5 Å². The molecule has 17 heavy (non-hydrogen) atoms. The number of nitrogens with one attached hydrogen (secondary N) is 1. The fourth-order valence-electron chi connectivity index (χ4n) is 2.16. The Balaban J connectivity index is 1.80. The van der Waals surface area contributed by atoms with E-state index in [1.54, 1.807) is 5.38 Å². The van der Waals surface area contributed by atoms with Gasteiger partial charge in [0, 0.05) is 18.5 Å². The molecule has 0 aliphatic carbocycles. The van der Waals surface area contributed by atoms with Crippen molar-refractivity contribution in [3.63, 3.8) is 0 Å². The number of aromatic nitrogens is 1. The predicted octanol–water partition coefficient (Wildman–Crippen LogP) is 0.797. The quantitative estimate of drug-likeness (QED) is 0.837. The van der Waals surface area contributed by atoms with E-state index in [1.165, 1.54) is 24.2 Å². The molecule has 0 radical (unpaired) electrons. The van der Waals surface area contributed by atoms with Crippen molar-refractivity contribution in [2.24, 2.45) is 5.92 Å². The molecule has 1 aromatic heterocycles. The SMILES string of the molecule is CN1CCCC(CNC(=O)c2csc(N)n2)C1. The summed E-state index contributed by atoms with van der Waals surface area (Å²) in [6.07, 6.45) is 2.39. The summed E-state index contributed by atoms with van der Waals surface area (Å²) in [5, 5.41) is 5.06. The molecule has 1 aliphatic rings. The molecule has 0 saturated carbocycles. The first-order valence-corrected chi connectivity index (χ1v) is 6.71. The Morgan fingerprint density at radius 2 is 2.59 bits per heavy atom. The summed E-state index contributed by atoms with van der Waals surface area (Å²) in [5.41, 5.74) is 5.92. The standard InChI is InChI=1S/C11H18N4OS/c1-15-4-2-3-8(6-15)5-13-10(16)9-7-17-11(12)14-9/h7-8H,2-6H2,1H3,(H2,12,14)(H,13,16). The van der Waals surface area contributed by atoms with E-state index in [4.69, 9.17) is 5.73 Å². The average molecular weight is 254 g/mol. The number of hydrogen-bond acceptors (Lipinski definition) is 5. The smallest absolute Gasteiger partial charge is 0.270 e. The van der Waals surface area contributed by atoms with E-state index in [-0.39, 0.29) is 5.91 Å². The van der Waals surface area contributed by atoms with Crippen LogP contribution in [0.3, 0.4) is 0 Å². The highest BCUT2D eigenvalue weighted by molar-refractivity contribution is 7.13. The van der Waals surface area contributed by atoms with Gasteiger partial charge in [0.1, 0.15) is 5.69 Å². The zero-order valence-electron chi connectivity index (χ0n) is 9.98. The molecule has 3 N–H and O–H groups in total. The van der Waals surface area contributed by atoms with Gasteiger partial charge in [-0.05, 0) is 32.4 Å². The fraction of sp³-hybridized carbons (Fsp3) is 0.636. The first kappa shape index (κ1) is 12.3. The summed E-state index contributed by atoms with van der Waals surface area (Å²) < 4.78 is 0. The van der Waals surface area contributed by atoms with Crippen molar-refractivity contribution in [2.75, 3.05) is 32.4 Å². The van der Waals surface area contributed by atoms with Gasteiger partial charge in [-0.2, -0.15) is 0 Å². The molecule has 1 unspecified atom stereocenters. The summed E-state index contributed by atoms with van der Waals surface area (Å²) in [4.78, 5) is 18.0. The minimum Gasteiger partial charge on any atom is -0.375 e. The van der Waals surface area contributed by atoms with E-state index in [9.17, 15) is 4.79 Å². The molecule has 1 aromatic rings. The Labute approximate surface area is 105 Å². The van der Waals surface area contributed by atoms with Crippen molar-refractivity contribution < 1.29 is 4.79 Å². The molecule has 5 nitrogen and oxygen atoms in total. The van der Waals surface area contributed by atoms with E-state index < -0.39 is 0 Å². The molecule has 1 amide bonds. The molecule has 94 valence electrons. The largest absolute Gasteiger partial charge is 0.375 e. The number of amides is 1. The van der Waals surface area contributed by atoms with Crippen LogP contribution in [0.15, 0.2) is 5.38 Å². The van der Waals surface area contributed by atoms with Crippen molar-refractivity contribution in [2.45, 2.75) is 12.8 Å². The van der Waals surface area contributed by atoms with Crippen molar-refractivity contribution in [3.05, 3.63) is 11.1 Å². The number of rotatable bonds is 3. The topological polar surface area (TPSA) is 71.2 Å². The van der Waals surface area contributed by atoms with Crippen LogP contribution in [0.1, 0.15) is 23.3 Å². The van der Waals surface area contributed by atoms with Gasteiger partial charge in [-0.1, -0.05) is 0 Å². The highest BCUT2D eigenvalue weighted by Gasteiger charge is 2.18. The van der Waals surface area contributed by atoms with Crippen LogP contribution in [0.2, 0.25) is 0 Å². The maximum absolute atomic E-state index is 11.7. The zero-order valence-corrected chi connectivity index (χ0v) is 10.8. The second-order valence-corrected chi connectivity index (χ2v) is 5.44. The molecule has 2 heterocycles. The van der Waals surface area contributed by atoms with E-state index in [2.05, 4.69) is 22.2 Å². The number of nitrogen functional groups attached to an aromatic ring is 1. The Morgan fingerprint density at radius 1 is 1.76 bits per heavy atom. The van der Waals surface area contributed by atoms with E-state index in [0.717, 1.165) is 19.6 Å². The minimum absolute atomic E-state index is 0.119. The van der Waals surface area contributed by atoms with Gasteiger partial charge in [0.15, 0.2) is 5.13 Å². The number of carbonyl (C=O) groups excluding carboxylic acids is 1. The van der Waals surface area contributed by atoms with Crippen molar-refractivity contribution in [3.8, 4) is 0 Å². The van der Waals surface area contributed by atoms with Crippen LogP contribution in [0.25, 0.3) is 0 Å². The normalized spacial score (nSPS) is 21.4. The van der Waals surface area contributed by atoms with Gasteiger partial charge in [-0.25, -0.2) is 4.98 Å². The van der Waals surface area contributed by atoms with E-state index in [0.29, 0.717) is 16.7 Å². The van der Waals surface area contributed by atoms with Crippen LogP contribution < -0.4 is 11.1 Å². The van der Waals surface area contributed by atoms with Gasteiger partial charge in [-0.15, -0.1) is 11.3 Å². The lowest BCUT2D eigenvalue weighted by Gasteiger charge is -2.29. The molecule has 0 aromatic carbocycles. The Hall–Kier alpha value is -1.14. The highest BCUT2D eigenvalue weighted by atomic mass is 32.1. The number of thiazole rings is 1. The Kier molecular flexibility index (Phi) is 3.96. The van der Waals surface area contributed by atoms with E-state index in [1.807, 2.05) is 0 Å². The molecule has 1 aliphatic heterocycles. The molecule has 1 fully saturated rings. The number of hydrogen-bond donors (Lipinski definition) is 2. The predicted molar refractivity (Wildman–Crippen MR) is 69.1 cm³/mol. The highest BCUT2D eigenvalue weighted by Crippen LogP contribution is 2.14. The maximum Gasteiger partial charge on any atom is 0.270 e. The Morgan fingerprint density at radius 3 is 3.24 bits per heavy atom. The van der Waals surface area contributed by atoms with Crippen molar-refractivity contribution in [1.29, 1.82) is 0 Å². The lowest BCUT2D eigenvalue weighted by atomic mass is 9.98. The lowest BCUT2D eigenvalue weighted by molar-refractivity contribution is 0.0932. The fourth-order valence-corrected chi connectivity index (χ4v) is 2.70. The summed E-state index contributed by atoms with van der Waals surface area (Å²) in [6, 6.07) is 0. The number of carbonyl (C=O) groups is 1. The van der Waals surface area contributed by atoms with Crippen LogP contribution in [0, 0.1) is 5.92 Å². The maximum atomic E-state index is 11.7. The van der Waals surface area contributed by atoms with Crippen LogP contribution in [0.4, 0.5) is 5.13 Å².